The molecule has 0 aromatic rings. The summed E-state index contributed by atoms with van der Waals surface area (Å²) in [6.07, 6.45) is 2.80. The highest BCUT2D eigenvalue weighted by molar-refractivity contribution is 7.87. The quantitative estimate of drug-likeness (QED) is 0.281. The first-order valence-corrected chi connectivity index (χ1v) is 7.67. The second-order valence-corrected chi connectivity index (χ2v) is 5.81. The van der Waals surface area contributed by atoms with Gasteiger partial charge in [0.15, 0.2) is 6.10 Å². The number of halogens is 1. The zero-order valence-corrected chi connectivity index (χ0v) is 11.7. The summed E-state index contributed by atoms with van der Waals surface area (Å²) in [6, 6.07) is 0. The first-order chi connectivity index (χ1) is 7.93. The Morgan fingerprint density at radius 2 is 1.94 bits per heavy atom. The number of rotatable bonds is 9. The Morgan fingerprint density at radius 1 is 1.29 bits per heavy atom. The molecule has 0 spiro atoms. The summed E-state index contributed by atoms with van der Waals surface area (Å²) in [5.74, 6) is -0.685. The van der Waals surface area contributed by atoms with E-state index in [-0.39, 0.29) is 6.61 Å². The normalized spacial score (nSPS) is 13.4. The van der Waals surface area contributed by atoms with Crippen molar-refractivity contribution in [3.63, 3.8) is 0 Å². The van der Waals surface area contributed by atoms with Gasteiger partial charge in [0, 0.05) is 0 Å². The van der Waals surface area contributed by atoms with Crippen LogP contribution in [-0.2, 0) is 23.8 Å². The smallest absolute Gasteiger partial charge is 0.336 e. The predicted molar refractivity (Wildman–Crippen MR) is 65.3 cm³/mol. The van der Waals surface area contributed by atoms with E-state index in [1.807, 2.05) is 0 Å². The SMILES string of the molecule is CCCCCCOC(=O)[C@@H](C)OS(=O)(=O)CCl. The molecule has 0 bridgehead atoms. The molecule has 0 radical (unpaired) electrons. The molecule has 0 aliphatic rings. The van der Waals surface area contributed by atoms with Gasteiger partial charge in [-0.2, -0.15) is 8.42 Å². The lowest BCUT2D eigenvalue weighted by atomic mass is 10.2. The van der Waals surface area contributed by atoms with Crippen LogP contribution in [0.1, 0.15) is 39.5 Å². The standard InChI is InChI=1S/C10H19ClO5S/c1-3-4-5-6-7-15-10(12)9(2)16-17(13,14)8-11/h9H,3-8H2,1-2H3/t9-/m1/s1. The van der Waals surface area contributed by atoms with Crippen LogP contribution in [0.2, 0.25) is 0 Å². The molecule has 0 amide bonds. The van der Waals surface area contributed by atoms with Crippen LogP contribution in [-0.4, -0.2) is 32.3 Å². The van der Waals surface area contributed by atoms with Crippen LogP contribution in [0.4, 0.5) is 0 Å². The van der Waals surface area contributed by atoms with Crippen LogP contribution in [0.25, 0.3) is 0 Å². The zero-order valence-electron chi connectivity index (χ0n) is 10.1. The van der Waals surface area contributed by atoms with Crippen molar-refractivity contribution in [3.05, 3.63) is 0 Å². The van der Waals surface area contributed by atoms with E-state index in [2.05, 4.69) is 11.1 Å². The zero-order chi connectivity index (χ0) is 13.3. The summed E-state index contributed by atoms with van der Waals surface area (Å²) in [6.45, 7) is 3.69. The first-order valence-electron chi connectivity index (χ1n) is 5.56. The molecular formula is C10H19ClO5S. The molecule has 7 heteroatoms. The van der Waals surface area contributed by atoms with Crippen molar-refractivity contribution in [3.8, 4) is 0 Å². The van der Waals surface area contributed by atoms with Gasteiger partial charge in [-0.15, -0.1) is 11.6 Å². The van der Waals surface area contributed by atoms with Crippen molar-refractivity contribution in [2.75, 3.05) is 11.8 Å². The Kier molecular flexibility index (Phi) is 8.55. The van der Waals surface area contributed by atoms with Crippen LogP contribution in [0, 0.1) is 0 Å². The maximum Gasteiger partial charge on any atom is 0.336 e. The largest absolute Gasteiger partial charge is 0.464 e. The van der Waals surface area contributed by atoms with Crippen molar-refractivity contribution in [2.45, 2.75) is 45.6 Å². The molecule has 0 aromatic heterocycles. The minimum Gasteiger partial charge on any atom is -0.464 e. The number of carbonyl (C=O) groups is 1. The van der Waals surface area contributed by atoms with Gasteiger partial charge in [0.2, 0.25) is 0 Å². The van der Waals surface area contributed by atoms with Crippen LogP contribution in [0.3, 0.4) is 0 Å². The molecule has 0 aromatic carbocycles. The lowest BCUT2D eigenvalue weighted by molar-refractivity contribution is -0.151. The van der Waals surface area contributed by atoms with E-state index >= 15 is 0 Å². The van der Waals surface area contributed by atoms with E-state index in [0.29, 0.717) is 0 Å². The maximum atomic E-state index is 11.3. The van der Waals surface area contributed by atoms with Crippen LogP contribution >= 0.6 is 11.6 Å². The molecule has 0 fully saturated rings. The van der Waals surface area contributed by atoms with Crippen molar-refractivity contribution in [1.29, 1.82) is 0 Å². The number of alkyl halides is 1. The van der Waals surface area contributed by atoms with Crippen LogP contribution in [0.15, 0.2) is 0 Å². The number of esters is 1. The fourth-order valence-electron chi connectivity index (χ4n) is 1.10. The van der Waals surface area contributed by atoms with Gasteiger partial charge in [-0.1, -0.05) is 26.2 Å². The Hall–Kier alpha value is -0.330. The van der Waals surface area contributed by atoms with Crippen molar-refractivity contribution in [2.24, 2.45) is 0 Å². The molecule has 0 saturated carbocycles. The highest BCUT2D eigenvalue weighted by Gasteiger charge is 2.22. The summed E-state index contributed by atoms with van der Waals surface area (Å²) in [4.78, 5) is 11.3. The van der Waals surface area contributed by atoms with Gasteiger partial charge >= 0.3 is 5.97 Å². The molecule has 0 rings (SSSR count). The number of unbranched alkanes of at least 4 members (excludes halogenated alkanes) is 3. The maximum absolute atomic E-state index is 11.3. The van der Waals surface area contributed by atoms with Crippen molar-refractivity contribution in [1.82, 2.24) is 0 Å². The molecule has 0 N–H and O–H groups in total. The third-order valence-electron chi connectivity index (χ3n) is 2.00. The summed E-state index contributed by atoms with van der Waals surface area (Å²) < 4.78 is 31.3. The third-order valence-corrected chi connectivity index (χ3v) is 3.65. The highest BCUT2D eigenvalue weighted by Crippen LogP contribution is 2.05. The number of hydrogen-bond acceptors (Lipinski definition) is 5. The Bertz CT molecular complexity index is 315. The van der Waals surface area contributed by atoms with Gasteiger partial charge < -0.3 is 4.74 Å². The minimum absolute atomic E-state index is 0.285. The van der Waals surface area contributed by atoms with Crippen LogP contribution in [0.5, 0.6) is 0 Å². The van der Waals surface area contributed by atoms with Gasteiger partial charge in [0.1, 0.15) is 5.21 Å². The Morgan fingerprint density at radius 3 is 2.47 bits per heavy atom. The van der Waals surface area contributed by atoms with Crippen molar-refractivity contribution < 1.29 is 22.1 Å². The second kappa shape index (κ2) is 8.72. The van der Waals surface area contributed by atoms with E-state index in [1.165, 1.54) is 6.92 Å². The summed E-state index contributed by atoms with van der Waals surface area (Å²) in [7, 11) is -3.84. The number of hydrogen-bond donors (Lipinski definition) is 0. The van der Waals surface area contributed by atoms with Gasteiger partial charge in [-0.3, -0.25) is 4.18 Å². The van der Waals surface area contributed by atoms with E-state index in [9.17, 15) is 13.2 Å². The molecule has 5 nitrogen and oxygen atoms in total. The van der Waals surface area contributed by atoms with Gasteiger partial charge in [0.25, 0.3) is 10.1 Å². The molecular weight excluding hydrogens is 268 g/mol. The summed E-state index contributed by atoms with van der Waals surface area (Å²) >= 11 is 5.14. The van der Waals surface area contributed by atoms with E-state index in [0.717, 1.165) is 25.7 Å². The Balaban J connectivity index is 3.83. The van der Waals surface area contributed by atoms with E-state index in [1.54, 1.807) is 0 Å². The van der Waals surface area contributed by atoms with E-state index < -0.39 is 27.4 Å². The van der Waals surface area contributed by atoms with Gasteiger partial charge in [-0.05, 0) is 13.3 Å². The summed E-state index contributed by atoms with van der Waals surface area (Å²) in [5, 5.41) is -0.679. The molecule has 0 aliphatic carbocycles. The fraction of sp³-hybridized carbons (Fsp3) is 0.900. The lowest BCUT2D eigenvalue weighted by Gasteiger charge is -2.11. The number of ether oxygens (including phenoxy) is 1. The lowest BCUT2D eigenvalue weighted by Crippen LogP contribution is -2.27. The predicted octanol–water partition coefficient (Wildman–Crippen LogP) is 2.04. The molecule has 102 valence electrons. The fourth-order valence-corrected chi connectivity index (χ4v) is 1.83. The Labute approximate surface area is 108 Å². The summed E-state index contributed by atoms with van der Waals surface area (Å²) in [5.41, 5.74) is 0. The molecule has 0 heterocycles. The average molecular weight is 287 g/mol. The molecule has 17 heavy (non-hydrogen) atoms. The third kappa shape index (κ3) is 8.40. The molecule has 0 aliphatic heterocycles. The minimum atomic E-state index is -3.84. The topological polar surface area (TPSA) is 69.7 Å². The first kappa shape index (κ1) is 16.7. The van der Waals surface area contributed by atoms with Crippen LogP contribution < -0.4 is 0 Å². The van der Waals surface area contributed by atoms with Gasteiger partial charge in [-0.25, -0.2) is 4.79 Å². The second-order valence-electron chi connectivity index (χ2n) is 3.63. The molecule has 0 saturated heterocycles. The van der Waals surface area contributed by atoms with E-state index in [4.69, 9.17) is 16.3 Å². The van der Waals surface area contributed by atoms with Crippen molar-refractivity contribution >= 4 is 27.7 Å². The number of carbonyl (C=O) groups excluding carboxylic acids is 1. The average Bonchev–Trinajstić information content (AvgIpc) is 2.28. The van der Waals surface area contributed by atoms with Gasteiger partial charge in [0.05, 0.1) is 6.61 Å². The molecule has 1 atom stereocenters. The highest BCUT2D eigenvalue weighted by atomic mass is 35.5. The molecule has 0 unspecified atom stereocenters. The monoisotopic (exact) mass is 286 g/mol.